The SMILES string of the molecule is CCC(C)(C)C1CCc2c(sc(NC(=O)C=Cc3cccs3)c2C#N)C1. The first-order chi connectivity index (χ1) is 12.4. The molecule has 0 aromatic carbocycles. The van der Waals surface area contributed by atoms with Gasteiger partial charge in [-0.2, -0.15) is 5.26 Å². The van der Waals surface area contributed by atoms with E-state index >= 15 is 0 Å². The standard InChI is InChI=1S/C21H24N2OS2/c1-4-21(2,3)14-7-9-16-17(13-22)20(26-18(16)12-14)23-19(24)10-8-15-6-5-11-25-15/h5-6,8,10-11,14H,4,7,9,12H2,1-3H3,(H,23,24). The van der Waals surface area contributed by atoms with Crippen molar-refractivity contribution in [1.82, 2.24) is 0 Å². The quantitative estimate of drug-likeness (QED) is 0.655. The van der Waals surface area contributed by atoms with E-state index in [9.17, 15) is 10.1 Å². The van der Waals surface area contributed by atoms with Crippen LogP contribution in [0.2, 0.25) is 0 Å². The summed E-state index contributed by atoms with van der Waals surface area (Å²) < 4.78 is 0. The average Bonchev–Trinajstić information content (AvgIpc) is 3.26. The first kappa shape index (κ1) is 18.9. The van der Waals surface area contributed by atoms with Gasteiger partial charge in [0.2, 0.25) is 5.91 Å². The molecular weight excluding hydrogens is 360 g/mol. The van der Waals surface area contributed by atoms with Crippen LogP contribution in [0.3, 0.4) is 0 Å². The highest BCUT2D eigenvalue weighted by atomic mass is 32.1. The topological polar surface area (TPSA) is 52.9 Å². The fourth-order valence-electron chi connectivity index (χ4n) is 3.45. The Labute approximate surface area is 163 Å². The molecule has 1 atom stereocenters. The summed E-state index contributed by atoms with van der Waals surface area (Å²) >= 11 is 3.17. The van der Waals surface area contributed by atoms with Crippen LogP contribution in [0.5, 0.6) is 0 Å². The highest BCUT2D eigenvalue weighted by Gasteiger charge is 2.33. The first-order valence-electron chi connectivity index (χ1n) is 9.01. The number of fused-ring (bicyclic) bond motifs is 1. The van der Waals surface area contributed by atoms with Gasteiger partial charge in [0.05, 0.1) is 5.56 Å². The number of carbonyl (C=O) groups excluding carboxylic acids is 1. The lowest BCUT2D eigenvalue weighted by molar-refractivity contribution is -0.111. The van der Waals surface area contributed by atoms with Gasteiger partial charge < -0.3 is 5.32 Å². The maximum Gasteiger partial charge on any atom is 0.249 e. The molecule has 3 rings (SSSR count). The Morgan fingerprint density at radius 3 is 2.96 bits per heavy atom. The predicted octanol–water partition coefficient (Wildman–Crippen LogP) is 5.87. The Morgan fingerprint density at radius 1 is 1.50 bits per heavy atom. The minimum atomic E-state index is -0.182. The smallest absolute Gasteiger partial charge is 0.249 e. The van der Waals surface area contributed by atoms with Crippen molar-refractivity contribution in [2.24, 2.45) is 11.3 Å². The second-order valence-corrected chi connectivity index (χ2v) is 9.52. The normalized spacial score (nSPS) is 17.1. The van der Waals surface area contributed by atoms with Gasteiger partial charge in [0.15, 0.2) is 0 Å². The summed E-state index contributed by atoms with van der Waals surface area (Å²) in [6.45, 7) is 6.91. The summed E-state index contributed by atoms with van der Waals surface area (Å²) in [7, 11) is 0. The van der Waals surface area contributed by atoms with E-state index in [4.69, 9.17) is 0 Å². The number of nitriles is 1. The van der Waals surface area contributed by atoms with Crippen LogP contribution in [0, 0.1) is 22.7 Å². The lowest BCUT2D eigenvalue weighted by atomic mass is 9.69. The molecule has 26 heavy (non-hydrogen) atoms. The van der Waals surface area contributed by atoms with Gasteiger partial charge in [-0.15, -0.1) is 22.7 Å². The highest BCUT2D eigenvalue weighted by molar-refractivity contribution is 7.16. The molecule has 0 spiro atoms. The number of rotatable bonds is 5. The van der Waals surface area contributed by atoms with E-state index in [1.54, 1.807) is 28.7 Å². The molecule has 0 saturated carbocycles. The second-order valence-electron chi connectivity index (χ2n) is 7.44. The number of carbonyl (C=O) groups is 1. The number of hydrogen-bond acceptors (Lipinski definition) is 4. The van der Waals surface area contributed by atoms with Crippen molar-refractivity contribution < 1.29 is 4.79 Å². The van der Waals surface area contributed by atoms with E-state index in [1.165, 1.54) is 11.0 Å². The molecular formula is C21H24N2OS2. The van der Waals surface area contributed by atoms with Crippen LogP contribution in [0.15, 0.2) is 23.6 Å². The van der Waals surface area contributed by atoms with Gasteiger partial charge >= 0.3 is 0 Å². The Kier molecular flexibility index (Phi) is 5.64. The van der Waals surface area contributed by atoms with Crippen LogP contribution in [-0.4, -0.2) is 5.91 Å². The Bertz CT molecular complexity index is 853. The van der Waals surface area contributed by atoms with E-state index in [2.05, 4.69) is 32.2 Å². The van der Waals surface area contributed by atoms with Crippen molar-refractivity contribution in [1.29, 1.82) is 5.26 Å². The maximum atomic E-state index is 12.3. The summed E-state index contributed by atoms with van der Waals surface area (Å²) in [5.74, 6) is 0.450. The van der Waals surface area contributed by atoms with Gasteiger partial charge in [0.25, 0.3) is 0 Å². The molecule has 2 aromatic rings. The van der Waals surface area contributed by atoms with Crippen LogP contribution in [0.25, 0.3) is 6.08 Å². The summed E-state index contributed by atoms with van der Waals surface area (Å²) in [6.07, 6.45) is 7.56. The van der Waals surface area contributed by atoms with Gasteiger partial charge in [0, 0.05) is 15.8 Å². The van der Waals surface area contributed by atoms with Gasteiger partial charge in [-0.25, -0.2) is 0 Å². The van der Waals surface area contributed by atoms with Crippen molar-refractivity contribution in [3.63, 3.8) is 0 Å². The Morgan fingerprint density at radius 2 is 2.31 bits per heavy atom. The molecule has 0 aliphatic heterocycles. The molecule has 0 bridgehead atoms. The molecule has 1 N–H and O–H groups in total. The molecule has 3 nitrogen and oxygen atoms in total. The third-order valence-electron chi connectivity index (χ3n) is 5.57. The number of nitrogens with zero attached hydrogens (tertiary/aromatic N) is 1. The van der Waals surface area contributed by atoms with Crippen molar-refractivity contribution in [2.75, 3.05) is 5.32 Å². The minimum absolute atomic E-state index is 0.182. The number of anilines is 1. The van der Waals surface area contributed by atoms with E-state index in [-0.39, 0.29) is 5.91 Å². The summed E-state index contributed by atoms with van der Waals surface area (Å²) in [4.78, 5) is 14.6. The highest BCUT2D eigenvalue weighted by Crippen LogP contribution is 2.45. The first-order valence-corrected chi connectivity index (χ1v) is 10.7. The molecule has 5 heteroatoms. The molecule has 1 aliphatic carbocycles. The Hall–Kier alpha value is -1.90. The van der Waals surface area contributed by atoms with Gasteiger partial charge in [0.1, 0.15) is 11.1 Å². The third-order valence-corrected chi connectivity index (χ3v) is 7.58. The van der Waals surface area contributed by atoms with Crippen molar-refractivity contribution in [2.45, 2.75) is 46.5 Å². The third kappa shape index (κ3) is 3.92. The zero-order valence-corrected chi connectivity index (χ0v) is 17.1. The van der Waals surface area contributed by atoms with E-state index in [1.807, 2.05) is 17.5 Å². The fraction of sp³-hybridized carbons (Fsp3) is 0.429. The van der Waals surface area contributed by atoms with E-state index < -0.39 is 0 Å². The molecule has 1 amide bonds. The summed E-state index contributed by atoms with van der Waals surface area (Å²) in [6, 6.07) is 6.24. The molecule has 0 radical (unpaired) electrons. The molecule has 1 aliphatic rings. The van der Waals surface area contributed by atoms with Crippen molar-refractivity contribution >= 4 is 39.7 Å². The van der Waals surface area contributed by atoms with Crippen molar-refractivity contribution in [3.8, 4) is 6.07 Å². The van der Waals surface area contributed by atoms with Gasteiger partial charge in [-0.3, -0.25) is 4.79 Å². The number of nitrogens with one attached hydrogen (secondary N) is 1. The van der Waals surface area contributed by atoms with Crippen LogP contribution in [0.1, 0.15) is 54.5 Å². The predicted molar refractivity (Wildman–Crippen MR) is 111 cm³/mol. The minimum Gasteiger partial charge on any atom is -0.313 e. The summed E-state index contributed by atoms with van der Waals surface area (Å²) in [5.41, 5.74) is 2.12. The molecule has 0 saturated heterocycles. The van der Waals surface area contributed by atoms with Crippen molar-refractivity contribution in [3.05, 3.63) is 44.5 Å². The second kappa shape index (κ2) is 7.77. The lowest BCUT2D eigenvalue weighted by Crippen LogP contribution is -2.28. The fourth-order valence-corrected chi connectivity index (χ4v) is 5.34. The molecule has 136 valence electrons. The van der Waals surface area contributed by atoms with Gasteiger partial charge in [-0.1, -0.05) is 33.3 Å². The Balaban J connectivity index is 1.78. The average molecular weight is 385 g/mol. The largest absolute Gasteiger partial charge is 0.313 e. The maximum absolute atomic E-state index is 12.3. The molecule has 1 unspecified atom stereocenters. The molecule has 0 fully saturated rings. The van der Waals surface area contributed by atoms with E-state index in [0.717, 1.165) is 36.1 Å². The number of amides is 1. The van der Waals surface area contributed by atoms with Crippen LogP contribution in [0.4, 0.5) is 5.00 Å². The zero-order chi connectivity index (χ0) is 18.7. The molecule has 2 heterocycles. The van der Waals surface area contributed by atoms with Crippen LogP contribution < -0.4 is 5.32 Å². The summed E-state index contributed by atoms with van der Waals surface area (Å²) in [5, 5.41) is 15.2. The zero-order valence-electron chi connectivity index (χ0n) is 15.5. The lowest BCUT2D eigenvalue weighted by Gasteiger charge is -2.36. The van der Waals surface area contributed by atoms with Crippen LogP contribution >= 0.6 is 22.7 Å². The number of thiophene rings is 2. The monoisotopic (exact) mass is 384 g/mol. The molecule has 2 aromatic heterocycles. The van der Waals surface area contributed by atoms with Crippen LogP contribution in [-0.2, 0) is 17.6 Å². The number of hydrogen-bond donors (Lipinski definition) is 1. The van der Waals surface area contributed by atoms with Gasteiger partial charge in [-0.05, 0) is 53.7 Å². The van der Waals surface area contributed by atoms with E-state index in [0.29, 0.717) is 21.9 Å².